The van der Waals surface area contributed by atoms with Crippen LogP contribution in [-0.4, -0.2) is 217 Å². The first-order valence-corrected chi connectivity index (χ1v) is 36.5. The van der Waals surface area contributed by atoms with Gasteiger partial charge in [-0.25, -0.2) is 19.2 Å². The molecule has 1 aliphatic rings. The van der Waals surface area contributed by atoms with E-state index in [1.807, 2.05) is 19.9 Å². The highest BCUT2D eigenvalue weighted by molar-refractivity contribution is 7.99. The number of nitrogens with zero attached hydrogens (tertiary/aromatic N) is 3. The van der Waals surface area contributed by atoms with E-state index >= 15 is 0 Å². The zero-order valence-electron chi connectivity index (χ0n) is 63.3. The summed E-state index contributed by atoms with van der Waals surface area (Å²) in [5.41, 5.74) is 6.71. The summed E-state index contributed by atoms with van der Waals surface area (Å²) in [5.74, 6) is -7.86. The second kappa shape index (κ2) is 44.9. The van der Waals surface area contributed by atoms with Crippen molar-refractivity contribution < 1.29 is 91.1 Å². The lowest BCUT2D eigenvalue weighted by Gasteiger charge is -2.41. The second-order valence-corrected chi connectivity index (χ2v) is 28.5. The fraction of sp³-hybridized carbons (Fsp3) is 0.622. The van der Waals surface area contributed by atoms with Gasteiger partial charge in [-0.05, 0) is 73.6 Å². The normalized spacial score (nSPS) is 17.7. The van der Waals surface area contributed by atoms with E-state index in [0.717, 1.165) is 28.8 Å². The Hall–Kier alpha value is -8.61. The number of carbonyl (C=O) groups is 12. The molecule has 0 heterocycles. The number of urea groups is 1. The number of ether oxygens (including phenoxy) is 6. The number of benzene rings is 2. The van der Waals surface area contributed by atoms with E-state index < -0.39 is 162 Å². The molecule has 30 heteroatoms. The number of amides is 10. The maximum absolute atomic E-state index is 14.8. The van der Waals surface area contributed by atoms with Crippen LogP contribution in [0.2, 0.25) is 0 Å². The van der Waals surface area contributed by atoms with Gasteiger partial charge in [-0.1, -0.05) is 124 Å². The lowest BCUT2D eigenvalue weighted by Crippen LogP contribution is -2.60. The fourth-order valence-electron chi connectivity index (χ4n) is 12.3. The Kier molecular flexibility index (Phi) is 38.7. The van der Waals surface area contributed by atoms with E-state index in [-0.39, 0.29) is 87.3 Å². The van der Waals surface area contributed by atoms with Crippen LogP contribution in [0.25, 0.3) is 0 Å². The van der Waals surface area contributed by atoms with Gasteiger partial charge in [0.15, 0.2) is 0 Å². The molecule has 0 unspecified atom stereocenters. The van der Waals surface area contributed by atoms with Crippen molar-refractivity contribution in [2.24, 2.45) is 35.3 Å². The predicted octanol–water partition coefficient (Wildman–Crippen LogP) is 5.86. The minimum atomic E-state index is -1.17. The summed E-state index contributed by atoms with van der Waals surface area (Å²) >= 11 is 1.11. The molecule has 29 nitrogen and oxygen atoms in total. The molecule has 104 heavy (non-hydrogen) atoms. The van der Waals surface area contributed by atoms with Crippen LogP contribution < -0.4 is 37.6 Å². The highest BCUT2D eigenvalue weighted by Gasteiger charge is 2.42. The van der Waals surface area contributed by atoms with Crippen molar-refractivity contribution in [3.8, 4) is 0 Å². The van der Waals surface area contributed by atoms with Crippen LogP contribution in [0.4, 0.5) is 15.3 Å². The van der Waals surface area contributed by atoms with Crippen molar-refractivity contribution in [3.63, 3.8) is 0 Å². The van der Waals surface area contributed by atoms with Gasteiger partial charge in [0.25, 0.3) is 0 Å². The molecule has 1 saturated carbocycles. The van der Waals surface area contributed by atoms with E-state index in [9.17, 15) is 62.6 Å². The minimum Gasteiger partial charge on any atom is -0.462 e. The molecule has 3 rings (SSSR count). The van der Waals surface area contributed by atoms with E-state index in [2.05, 4.69) is 45.1 Å². The molecule has 2 aromatic rings. The van der Waals surface area contributed by atoms with Gasteiger partial charge in [-0.15, -0.1) is 0 Å². The summed E-state index contributed by atoms with van der Waals surface area (Å²) in [5, 5.41) is 27.4. The number of nitrogens with two attached hydrogens (primary N) is 1. The molecule has 15 atom stereocenters. The van der Waals surface area contributed by atoms with Crippen LogP contribution >= 0.6 is 11.8 Å². The number of rotatable bonds is 43. The van der Waals surface area contributed by atoms with Crippen molar-refractivity contribution in [2.75, 3.05) is 58.7 Å². The van der Waals surface area contributed by atoms with Gasteiger partial charge >= 0.3 is 30.0 Å². The average molecular weight is 1480 g/mol. The summed E-state index contributed by atoms with van der Waals surface area (Å²) in [6.45, 7) is 26.1. The van der Waals surface area contributed by atoms with Crippen LogP contribution in [0.15, 0.2) is 79.9 Å². The Morgan fingerprint density at radius 2 is 1.25 bits per heavy atom. The zero-order valence-corrected chi connectivity index (χ0v) is 64.1. The molecule has 2 aromatic carbocycles. The number of likely N-dealkylation sites (N-methyl/N-ethyl adjacent to an activating group) is 3. The van der Waals surface area contributed by atoms with E-state index in [0.29, 0.717) is 23.2 Å². The van der Waals surface area contributed by atoms with Gasteiger partial charge in [0.05, 0.1) is 60.9 Å². The maximum atomic E-state index is 14.8. The van der Waals surface area contributed by atoms with Crippen LogP contribution in [0.1, 0.15) is 145 Å². The molecule has 1 aliphatic carbocycles. The number of anilines is 1. The quantitative estimate of drug-likeness (QED) is 0.0167. The minimum absolute atomic E-state index is 0.0373. The van der Waals surface area contributed by atoms with E-state index in [1.165, 1.54) is 31.1 Å². The van der Waals surface area contributed by atoms with Gasteiger partial charge in [0.1, 0.15) is 49.1 Å². The third-order valence-electron chi connectivity index (χ3n) is 18.5. The molecular formula is C74H114N10O19S. The SMILES string of the molecule is C=CC(=O)O[C@@H]1C[C@H](OC(=O)C=C)C[C@H](OC(=O)CCSCC(=O)N[C@H](C(=O)N[C@@H](CCCNC(N)=O)C(=O)Nc2ccc(COC(=O)N(C)[C@H](C(=O)N[C@H](C(=O)N(C)[C@@H]([C@H](C)CC)[C@@H](CC(=O)N(C)[C@@H](C)[C@H](OC)[C@@H](C)C(=O)N[C@H](C)[C@@H](O)c3ccccc3)OC)C(C)C)C(C)C)cc2)C(C)C)C1. The number of nitrogens with one attached hydrogen (secondary N) is 6. The number of methoxy groups -OCH3 is 2. The largest absolute Gasteiger partial charge is 0.462 e. The molecule has 10 amide bonds. The Balaban J connectivity index is 1.65. The van der Waals surface area contributed by atoms with Crippen LogP contribution in [0.3, 0.4) is 0 Å². The molecule has 1 fully saturated rings. The highest BCUT2D eigenvalue weighted by Crippen LogP contribution is 2.29. The van der Waals surface area contributed by atoms with Gasteiger partial charge < -0.3 is 81.0 Å². The van der Waals surface area contributed by atoms with Crippen molar-refractivity contribution in [1.29, 1.82) is 0 Å². The molecule has 0 aromatic heterocycles. The number of hydrogen-bond acceptors (Lipinski definition) is 20. The third-order valence-corrected chi connectivity index (χ3v) is 19.4. The topological polar surface area (TPSA) is 388 Å². The molecule has 0 saturated heterocycles. The fourth-order valence-corrected chi connectivity index (χ4v) is 13.0. The van der Waals surface area contributed by atoms with Gasteiger partial charge in [0, 0.05) is 84.8 Å². The number of aliphatic hydroxyl groups is 1. The van der Waals surface area contributed by atoms with E-state index in [1.54, 1.807) is 125 Å². The van der Waals surface area contributed by atoms with Crippen molar-refractivity contribution in [3.05, 3.63) is 91.0 Å². The molecule has 580 valence electrons. The summed E-state index contributed by atoms with van der Waals surface area (Å²) < 4.78 is 33.9. The predicted molar refractivity (Wildman–Crippen MR) is 392 cm³/mol. The first-order chi connectivity index (χ1) is 49.0. The monoisotopic (exact) mass is 1480 g/mol. The summed E-state index contributed by atoms with van der Waals surface area (Å²) in [6.07, 6.45) is -2.40. The average Bonchev–Trinajstić information content (AvgIpc) is 0.812. The lowest BCUT2D eigenvalue weighted by atomic mass is 9.89. The highest BCUT2D eigenvalue weighted by atomic mass is 32.2. The first-order valence-electron chi connectivity index (χ1n) is 35.3. The lowest BCUT2D eigenvalue weighted by molar-refractivity contribution is -0.165. The van der Waals surface area contributed by atoms with Gasteiger partial charge in [0.2, 0.25) is 41.4 Å². The number of primary amides is 1. The number of thioether (sulfide) groups is 1. The first kappa shape index (κ1) is 89.6. The zero-order chi connectivity index (χ0) is 78.2. The molecule has 0 radical (unpaired) electrons. The second-order valence-electron chi connectivity index (χ2n) is 27.4. The number of carbonyl (C=O) groups excluding carboxylic acids is 12. The summed E-state index contributed by atoms with van der Waals surface area (Å²) in [6, 6.07) is 8.11. The summed E-state index contributed by atoms with van der Waals surface area (Å²) in [7, 11) is 7.56. The molecule has 9 N–H and O–H groups in total. The molecule has 0 aliphatic heterocycles. The molecule has 0 spiro atoms. The summed E-state index contributed by atoms with van der Waals surface area (Å²) in [4.78, 5) is 164. The Morgan fingerprint density at radius 3 is 1.77 bits per heavy atom. The van der Waals surface area contributed by atoms with E-state index in [4.69, 9.17) is 34.2 Å². The number of hydrogen-bond donors (Lipinski definition) is 8. The van der Waals surface area contributed by atoms with Crippen LogP contribution in [0, 0.1) is 29.6 Å². The Labute approximate surface area is 616 Å². The van der Waals surface area contributed by atoms with Crippen LogP contribution in [-0.2, 0) is 83.0 Å². The standard InChI is InChI=1S/C74H114N10O19S/c1-19-45(10)65(56(98-17)39-58(86)82(14)48(13)67(99-18)46(11)68(91)77-47(12)66(90)50-26-23-22-24-27-50)83(15)72(95)63(43(6)7)81-71(94)64(44(8)9)84(16)74(97)100-40-49-29-31-51(32-30-49)78-69(92)55(28-25-34-76-73(75)96)79-70(93)62(42(4)5)80-57(85)41-104-35-33-61(89)103-54-37-52(101-59(87)20-2)36-53(38-54)102-60(88)21-3/h20-24,26-27,29-32,42-48,52-56,62-67,90H,2-3,19,25,28,33-41H2,1,4-18H3,(H,77,91)(H,78,92)(H,79,93)(H,80,85)(H,81,94)(H3,75,76,96)/t45-,46-,47-,48+,52-,53+,54-,55+,56-,62+,63+,64+,65+,66-,67-/m1/s1. The maximum Gasteiger partial charge on any atom is 0.410 e. The number of aliphatic hydroxyl groups excluding tert-OH is 1. The van der Waals surface area contributed by atoms with Crippen molar-refractivity contribution in [2.45, 2.75) is 213 Å². The van der Waals surface area contributed by atoms with Gasteiger partial charge in [-0.2, -0.15) is 11.8 Å². The Bertz CT molecular complexity index is 3150. The molecule has 0 bridgehead atoms. The molecular weight excluding hydrogens is 1360 g/mol. The van der Waals surface area contributed by atoms with Crippen LogP contribution in [0.5, 0.6) is 0 Å². The smallest absolute Gasteiger partial charge is 0.410 e. The van der Waals surface area contributed by atoms with Gasteiger partial charge in [-0.3, -0.25) is 43.3 Å². The third kappa shape index (κ3) is 28.8. The van der Waals surface area contributed by atoms with Crippen molar-refractivity contribution >= 4 is 88.8 Å². The Morgan fingerprint density at radius 1 is 0.673 bits per heavy atom. The van der Waals surface area contributed by atoms with Crippen molar-refractivity contribution in [1.82, 2.24) is 41.3 Å². The number of esters is 3.